The van der Waals surface area contributed by atoms with E-state index < -0.39 is 24.3 Å². The Bertz CT molecular complexity index is 583. The first-order chi connectivity index (χ1) is 9.90. The van der Waals surface area contributed by atoms with Gasteiger partial charge in [0.1, 0.15) is 18.1 Å². The molecule has 0 aliphatic rings. The van der Waals surface area contributed by atoms with Gasteiger partial charge in [0, 0.05) is 20.1 Å². The highest BCUT2D eigenvalue weighted by atomic mass is 19.3. The van der Waals surface area contributed by atoms with Gasteiger partial charge < -0.3 is 15.8 Å². The van der Waals surface area contributed by atoms with Crippen LogP contribution in [0.4, 0.5) is 20.3 Å². The van der Waals surface area contributed by atoms with E-state index in [0.717, 1.165) is 4.57 Å². The Morgan fingerprint density at radius 1 is 1.38 bits per heavy atom. The summed E-state index contributed by atoms with van der Waals surface area (Å²) in [6.45, 7) is 1.73. The van der Waals surface area contributed by atoms with Gasteiger partial charge >= 0.3 is 5.69 Å². The second-order valence-electron chi connectivity index (χ2n) is 4.45. The smallest absolute Gasteiger partial charge is 0.332 e. The summed E-state index contributed by atoms with van der Waals surface area (Å²) in [5, 5.41) is 2.73. The van der Waals surface area contributed by atoms with Crippen LogP contribution in [0, 0.1) is 0 Å². The Hall–Kier alpha value is -1.90. The van der Waals surface area contributed by atoms with Crippen molar-refractivity contribution in [1.82, 2.24) is 9.13 Å². The summed E-state index contributed by atoms with van der Waals surface area (Å²) in [5.41, 5.74) is 4.86. The van der Waals surface area contributed by atoms with Gasteiger partial charge in [-0.25, -0.2) is 13.6 Å². The first kappa shape index (κ1) is 17.2. The number of nitrogens with two attached hydrogens (primary N) is 1. The van der Waals surface area contributed by atoms with E-state index >= 15 is 0 Å². The topological polar surface area (TPSA) is 91.3 Å². The normalized spacial score (nSPS) is 11.1. The van der Waals surface area contributed by atoms with Crippen LogP contribution < -0.4 is 22.3 Å². The molecule has 0 amide bonds. The van der Waals surface area contributed by atoms with Crippen LogP contribution in [-0.2, 0) is 18.3 Å². The number of ether oxygens (including phenoxy) is 1. The monoisotopic (exact) mass is 306 g/mol. The van der Waals surface area contributed by atoms with Crippen molar-refractivity contribution in [3.8, 4) is 0 Å². The van der Waals surface area contributed by atoms with Crippen LogP contribution in [0.3, 0.4) is 0 Å². The Balaban J connectivity index is 2.87. The van der Waals surface area contributed by atoms with Gasteiger partial charge in [0.05, 0.1) is 6.61 Å². The second-order valence-corrected chi connectivity index (χ2v) is 4.45. The van der Waals surface area contributed by atoms with Gasteiger partial charge in [-0.3, -0.25) is 13.9 Å². The fraction of sp³-hybridized carbons (Fsp3) is 0.667. The van der Waals surface area contributed by atoms with Crippen molar-refractivity contribution >= 4 is 11.5 Å². The van der Waals surface area contributed by atoms with Crippen LogP contribution in [0.1, 0.15) is 13.3 Å². The largest absolute Gasteiger partial charge is 0.383 e. The maximum atomic E-state index is 12.0. The molecule has 0 aliphatic heterocycles. The number of alkyl halides is 2. The SMILES string of the molecule is CCCn1c(N)c(NCCOCC(F)F)c(=O)n(C)c1=O. The molecule has 1 rings (SSSR count). The highest BCUT2D eigenvalue weighted by molar-refractivity contribution is 5.60. The van der Waals surface area contributed by atoms with Gasteiger partial charge in [0.2, 0.25) is 0 Å². The lowest BCUT2D eigenvalue weighted by Crippen LogP contribution is -2.41. The molecule has 0 atom stereocenters. The van der Waals surface area contributed by atoms with Gasteiger partial charge in [-0.05, 0) is 6.42 Å². The van der Waals surface area contributed by atoms with Crippen molar-refractivity contribution < 1.29 is 13.5 Å². The highest BCUT2D eigenvalue weighted by Gasteiger charge is 2.14. The predicted molar refractivity (Wildman–Crippen MR) is 76.0 cm³/mol. The van der Waals surface area contributed by atoms with Crippen molar-refractivity contribution in [2.24, 2.45) is 7.05 Å². The number of nitrogens with zero attached hydrogens (tertiary/aromatic N) is 2. The summed E-state index contributed by atoms with van der Waals surface area (Å²) in [4.78, 5) is 23.9. The molecule has 7 nitrogen and oxygen atoms in total. The molecule has 1 aromatic rings. The van der Waals surface area contributed by atoms with Crippen molar-refractivity contribution in [2.75, 3.05) is 30.8 Å². The fourth-order valence-electron chi connectivity index (χ4n) is 1.81. The average Bonchev–Trinajstić information content (AvgIpc) is 2.44. The molecule has 0 saturated heterocycles. The molecule has 0 unspecified atom stereocenters. The number of nitrogen functional groups attached to an aromatic ring is 1. The van der Waals surface area contributed by atoms with E-state index in [4.69, 9.17) is 10.5 Å². The summed E-state index contributed by atoms with van der Waals surface area (Å²) in [6, 6.07) is 0. The third kappa shape index (κ3) is 4.28. The zero-order chi connectivity index (χ0) is 16.0. The van der Waals surface area contributed by atoms with E-state index in [1.54, 1.807) is 0 Å². The summed E-state index contributed by atoms with van der Waals surface area (Å²) < 4.78 is 30.7. The summed E-state index contributed by atoms with van der Waals surface area (Å²) in [6.07, 6.45) is -1.85. The number of rotatable bonds is 8. The quantitative estimate of drug-likeness (QED) is 0.671. The van der Waals surface area contributed by atoms with Gasteiger partial charge in [-0.1, -0.05) is 6.92 Å². The lowest BCUT2D eigenvalue weighted by Gasteiger charge is -2.15. The fourth-order valence-corrected chi connectivity index (χ4v) is 1.81. The minimum absolute atomic E-state index is 0.000160. The zero-order valence-corrected chi connectivity index (χ0v) is 12.1. The minimum Gasteiger partial charge on any atom is -0.383 e. The minimum atomic E-state index is -2.53. The van der Waals surface area contributed by atoms with Crippen molar-refractivity contribution in [2.45, 2.75) is 26.3 Å². The molecule has 0 aromatic carbocycles. The third-order valence-electron chi connectivity index (χ3n) is 2.82. The predicted octanol–water partition coefficient (Wildman–Crippen LogP) is 0.233. The lowest BCUT2D eigenvalue weighted by molar-refractivity contribution is 0.0215. The summed E-state index contributed by atoms with van der Waals surface area (Å²) >= 11 is 0. The number of aromatic nitrogens is 2. The Labute approximate surface area is 120 Å². The molecular weight excluding hydrogens is 286 g/mol. The Morgan fingerprint density at radius 2 is 2.05 bits per heavy atom. The molecule has 3 N–H and O–H groups in total. The van der Waals surface area contributed by atoms with Crippen molar-refractivity contribution in [3.05, 3.63) is 20.8 Å². The van der Waals surface area contributed by atoms with E-state index in [1.165, 1.54) is 11.6 Å². The number of hydrogen-bond acceptors (Lipinski definition) is 5. The molecule has 0 aliphatic carbocycles. The maximum absolute atomic E-state index is 12.0. The van der Waals surface area contributed by atoms with Crippen LogP contribution in [0.2, 0.25) is 0 Å². The molecule has 0 saturated carbocycles. The number of nitrogens with one attached hydrogen (secondary N) is 1. The van der Waals surface area contributed by atoms with E-state index in [-0.39, 0.29) is 24.7 Å². The van der Waals surface area contributed by atoms with Crippen LogP contribution >= 0.6 is 0 Å². The van der Waals surface area contributed by atoms with Gasteiger partial charge in [-0.15, -0.1) is 0 Å². The second kappa shape index (κ2) is 7.77. The molecule has 0 radical (unpaired) electrons. The molecule has 0 fully saturated rings. The zero-order valence-electron chi connectivity index (χ0n) is 12.1. The standard InChI is InChI=1S/C12H20F2N4O3/c1-3-5-18-10(15)9(11(19)17(2)12(18)20)16-4-6-21-7-8(13)14/h8,16H,3-7,15H2,1-2H3. The van der Waals surface area contributed by atoms with Crippen LogP contribution in [-0.4, -0.2) is 35.3 Å². The van der Waals surface area contributed by atoms with Gasteiger partial charge in [0.15, 0.2) is 0 Å². The first-order valence-corrected chi connectivity index (χ1v) is 6.59. The van der Waals surface area contributed by atoms with E-state index in [2.05, 4.69) is 5.32 Å². The van der Waals surface area contributed by atoms with Crippen LogP contribution in [0.5, 0.6) is 0 Å². The number of anilines is 2. The van der Waals surface area contributed by atoms with E-state index in [1.807, 2.05) is 6.92 Å². The molecule has 1 aromatic heterocycles. The number of hydrogen-bond donors (Lipinski definition) is 2. The molecule has 9 heteroatoms. The van der Waals surface area contributed by atoms with E-state index in [0.29, 0.717) is 13.0 Å². The summed E-state index contributed by atoms with van der Waals surface area (Å²) in [5.74, 6) is 0.0406. The molecule has 21 heavy (non-hydrogen) atoms. The molecule has 1 heterocycles. The highest BCUT2D eigenvalue weighted by Crippen LogP contribution is 2.10. The molecule has 120 valence electrons. The third-order valence-corrected chi connectivity index (χ3v) is 2.82. The lowest BCUT2D eigenvalue weighted by atomic mass is 10.4. The van der Waals surface area contributed by atoms with Gasteiger partial charge in [0.25, 0.3) is 12.0 Å². The van der Waals surface area contributed by atoms with Crippen molar-refractivity contribution in [1.29, 1.82) is 0 Å². The molecular formula is C12H20F2N4O3. The summed E-state index contributed by atoms with van der Waals surface area (Å²) in [7, 11) is 1.36. The van der Waals surface area contributed by atoms with Crippen molar-refractivity contribution in [3.63, 3.8) is 0 Å². The number of halogens is 2. The van der Waals surface area contributed by atoms with Gasteiger partial charge in [-0.2, -0.15) is 0 Å². The van der Waals surface area contributed by atoms with Crippen LogP contribution in [0.25, 0.3) is 0 Å². The Kier molecular flexibility index (Phi) is 6.35. The van der Waals surface area contributed by atoms with Crippen LogP contribution in [0.15, 0.2) is 9.59 Å². The molecule has 0 bridgehead atoms. The Morgan fingerprint density at radius 3 is 2.62 bits per heavy atom. The molecule has 0 spiro atoms. The first-order valence-electron chi connectivity index (χ1n) is 6.59. The average molecular weight is 306 g/mol. The maximum Gasteiger partial charge on any atom is 0.332 e. The van der Waals surface area contributed by atoms with E-state index in [9.17, 15) is 18.4 Å².